The van der Waals surface area contributed by atoms with Crippen LogP contribution in [0.3, 0.4) is 0 Å². The number of hydrogen-bond donors (Lipinski definition) is 1. The molecule has 0 aliphatic heterocycles. The molecule has 0 aromatic heterocycles. The minimum atomic E-state index is -0.556. The van der Waals surface area contributed by atoms with Gasteiger partial charge in [-0.3, -0.25) is 4.99 Å². The monoisotopic (exact) mass is 507 g/mol. The number of nitrogens with zero attached hydrogens (tertiary/aromatic N) is 1. The second-order valence-electron chi connectivity index (χ2n) is 8.23. The Morgan fingerprint density at radius 1 is 0.935 bits per heavy atom. The van der Waals surface area contributed by atoms with Crippen molar-refractivity contribution in [2.45, 2.75) is 39.7 Å². The number of aromatic hydroxyl groups is 1. The molecule has 2 nitrogen and oxygen atoms in total. The number of phenolic OH excluding ortho intramolecular Hbond substituents is 1. The molecule has 1 N–H and O–H groups in total. The quantitative estimate of drug-likeness (QED) is 0.238. The van der Waals surface area contributed by atoms with Gasteiger partial charge in [-0.1, -0.05) is 62.7 Å². The molecular formula is C25H28Cl2NOPTi. The van der Waals surface area contributed by atoms with Crippen LogP contribution in [0.15, 0.2) is 71.7 Å². The molecular weight excluding hydrogens is 480 g/mol. The first-order valence-corrected chi connectivity index (χ1v) is 15.3. The van der Waals surface area contributed by atoms with E-state index in [4.69, 9.17) is 18.6 Å². The Hall–Kier alpha value is -1.15. The second-order valence-corrected chi connectivity index (χ2v) is 12.1. The predicted octanol–water partition coefficient (Wildman–Crippen LogP) is 6.51. The molecule has 0 saturated carbocycles. The van der Waals surface area contributed by atoms with Gasteiger partial charge in [-0.25, -0.2) is 0 Å². The van der Waals surface area contributed by atoms with Crippen molar-refractivity contribution in [2.24, 2.45) is 4.99 Å². The Morgan fingerprint density at radius 2 is 1.61 bits per heavy atom. The van der Waals surface area contributed by atoms with Gasteiger partial charge in [-0.2, -0.15) is 0 Å². The Labute approximate surface area is 204 Å². The number of aryl methyl sites for hydroxylation is 1. The van der Waals surface area contributed by atoms with Gasteiger partial charge in [0, 0.05) is 17.1 Å². The summed E-state index contributed by atoms with van der Waals surface area (Å²) in [6.45, 7) is 8.39. The maximum atomic E-state index is 10.4. The Bertz CT molecular complexity index is 1000. The number of hydrogen-bond acceptors (Lipinski definition) is 2. The average Bonchev–Trinajstić information content (AvgIpc) is 2.71. The predicted molar refractivity (Wildman–Crippen MR) is 135 cm³/mol. The molecule has 162 valence electrons. The van der Waals surface area contributed by atoms with Crippen molar-refractivity contribution in [3.63, 3.8) is 0 Å². The molecule has 0 saturated heterocycles. The molecule has 6 heteroatoms. The zero-order chi connectivity index (χ0) is 22.9. The number of aliphatic imine (C=N–C) groups is 1. The maximum absolute atomic E-state index is 10.4. The van der Waals surface area contributed by atoms with Crippen LogP contribution in [-0.4, -0.2) is 16.9 Å². The number of phenols is 1. The van der Waals surface area contributed by atoms with Gasteiger partial charge in [-0.05, 0) is 68.7 Å². The van der Waals surface area contributed by atoms with Gasteiger partial charge >= 0.3 is 35.6 Å². The van der Waals surface area contributed by atoms with E-state index >= 15 is 0 Å². The fourth-order valence-corrected chi connectivity index (χ4v) is 4.14. The molecule has 1 atom stereocenters. The van der Waals surface area contributed by atoms with E-state index in [0.29, 0.717) is 14.3 Å². The van der Waals surface area contributed by atoms with Crippen molar-refractivity contribution in [1.82, 2.24) is 0 Å². The summed E-state index contributed by atoms with van der Waals surface area (Å²) in [4.78, 5) is 4.68. The summed E-state index contributed by atoms with van der Waals surface area (Å²) in [6.07, 6.45) is 2.84. The van der Waals surface area contributed by atoms with E-state index in [1.807, 2.05) is 24.4 Å². The van der Waals surface area contributed by atoms with Crippen LogP contribution in [0.2, 0.25) is 0 Å². The molecule has 3 aromatic rings. The van der Waals surface area contributed by atoms with Crippen LogP contribution in [0.25, 0.3) is 0 Å². The summed E-state index contributed by atoms with van der Waals surface area (Å²) < 4.78 is 0. The van der Waals surface area contributed by atoms with Crippen molar-refractivity contribution in [1.29, 1.82) is 0 Å². The van der Waals surface area contributed by atoms with Crippen molar-refractivity contribution >= 4 is 44.0 Å². The zero-order valence-corrected chi connectivity index (χ0v) is 22.4. The SMILES string of the molecule is Cc1ccc(Pc2cc(Cc3ccccc3)ccc2O)c(C=NC(C)(C)C)c1.[Cl][Ti][Cl]. The van der Waals surface area contributed by atoms with Crippen LogP contribution in [-0.2, 0) is 23.5 Å². The Kier molecular flexibility index (Phi) is 10.8. The molecule has 0 heterocycles. The summed E-state index contributed by atoms with van der Waals surface area (Å²) in [7, 11) is 10.2. The minimum absolute atomic E-state index is 0.109. The van der Waals surface area contributed by atoms with E-state index in [1.54, 1.807) is 0 Å². The Balaban J connectivity index is 0.00000107. The molecule has 0 radical (unpaired) electrons. The van der Waals surface area contributed by atoms with Crippen LogP contribution < -0.4 is 10.6 Å². The van der Waals surface area contributed by atoms with Gasteiger partial charge in [0.15, 0.2) is 0 Å². The fourth-order valence-electron chi connectivity index (χ4n) is 2.94. The molecule has 0 bridgehead atoms. The fraction of sp³-hybridized carbons (Fsp3) is 0.240. The summed E-state index contributed by atoms with van der Waals surface area (Å²) in [5, 5.41) is 12.6. The van der Waals surface area contributed by atoms with E-state index in [-0.39, 0.29) is 5.54 Å². The van der Waals surface area contributed by atoms with E-state index in [0.717, 1.165) is 17.3 Å². The van der Waals surface area contributed by atoms with Crippen molar-refractivity contribution in [3.8, 4) is 5.75 Å². The van der Waals surface area contributed by atoms with Crippen molar-refractivity contribution < 1.29 is 22.1 Å². The first-order valence-electron chi connectivity index (χ1n) is 9.97. The van der Waals surface area contributed by atoms with Gasteiger partial charge in [0.1, 0.15) is 5.75 Å². The van der Waals surface area contributed by atoms with Gasteiger partial charge in [0.05, 0.1) is 5.54 Å². The summed E-state index contributed by atoms with van der Waals surface area (Å²) in [5.74, 6) is 0.356. The van der Waals surface area contributed by atoms with Gasteiger partial charge in [-0.15, -0.1) is 0 Å². The van der Waals surface area contributed by atoms with Gasteiger partial charge in [0.25, 0.3) is 0 Å². The molecule has 1 unspecified atom stereocenters. The molecule has 0 spiro atoms. The van der Waals surface area contributed by atoms with Crippen LogP contribution in [0, 0.1) is 6.92 Å². The van der Waals surface area contributed by atoms with Crippen LogP contribution in [0.5, 0.6) is 5.75 Å². The Morgan fingerprint density at radius 3 is 2.26 bits per heavy atom. The molecule has 0 amide bonds. The number of benzene rings is 3. The first-order chi connectivity index (χ1) is 14.7. The topological polar surface area (TPSA) is 32.6 Å². The summed E-state index contributed by atoms with van der Waals surface area (Å²) >= 11 is -0.556. The third-order valence-corrected chi connectivity index (χ3v) is 5.77. The summed E-state index contributed by atoms with van der Waals surface area (Å²) in [5.41, 5.74) is 4.72. The van der Waals surface area contributed by atoms with Gasteiger partial charge in [0.2, 0.25) is 0 Å². The summed E-state index contributed by atoms with van der Waals surface area (Å²) in [6, 6.07) is 22.8. The molecule has 0 aliphatic rings. The normalized spacial score (nSPS) is 11.5. The number of rotatable bonds is 5. The third kappa shape index (κ3) is 9.48. The molecule has 0 aliphatic carbocycles. The van der Waals surface area contributed by atoms with E-state index in [9.17, 15) is 5.11 Å². The van der Waals surface area contributed by atoms with E-state index in [2.05, 4.69) is 81.2 Å². The van der Waals surface area contributed by atoms with Crippen molar-refractivity contribution in [2.75, 3.05) is 0 Å². The number of halogens is 2. The molecule has 0 fully saturated rings. The van der Waals surface area contributed by atoms with E-state index < -0.39 is 17.0 Å². The average molecular weight is 508 g/mol. The second kappa shape index (κ2) is 12.8. The van der Waals surface area contributed by atoms with E-state index in [1.165, 1.54) is 22.0 Å². The van der Waals surface area contributed by atoms with Gasteiger partial charge < -0.3 is 5.11 Å². The molecule has 3 aromatic carbocycles. The first kappa shape index (κ1) is 26.1. The van der Waals surface area contributed by atoms with Crippen LogP contribution in [0.1, 0.15) is 43.0 Å². The standard InChI is InChI=1S/C25H28NOP.2ClH.Ti/c1-18-10-13-23(21(14-18)17-26-25(2,3)4)28-24-16-20(11-12-22(24)27)15-19-8-6-5-7-9-19;;;/h5-14,16-17,27-28H,15H2,1-4H3;2*1H;/q;;;+2/p-2. The molecule has 3 rings (SSSR count). The molecule has 31 heavy (non-hydrogen) atoms. The van der Waals surface area contributed by atoms with Crippen LogP contribution in [0.4, 0.5) is 0 Å². The van der Waals surface area contributed by atoms with Crippen LogP contribution >= 0.6 is 27.2 Å². The van der Waals surface area contributed by atoms with Crippen molar-refractivity contribution in [3.05, 3.63) is 89.0 Å². The zero-order valence-electron chi connectivity index (χ0n) is 18.3. The third-order valence-electron chi connectivity index (χ3n) is 4.38.